The van der Waals surface area contributed by atoms with Gasteiger partial charge in [-0.3, -0.25) is 10.1 Å². The highest BCUT2D eigenvalue weighted by Gasteiger charge is 2.33. The number of hydrogen-bond donors (Lipinski definition) is 2. The van der Waals surface area contributed by atoms with Gasteiger partial charge in [0, 0.05) is 24.4 Å². The van der Waals surface area contributed by atoms with Gasteiger partial charge in [-0.2, -0.15) is 0 Å². The summed E-state index contributed by atoms with van der Waals surface area (Å²) in [5.41, 5.74) is 5.17. The summed E-state index contributed by atoms with van der Waals surface area (Å²) in [6, 6.07) is 9.13. The molecule has 0 fully saturated rings. The molecular weight excluding hydrogens is 496 g/mol. The molecule has 1 atom stereocenters. The number of ether oxygens (including phenoxy) is 2. The first-order valence-corrected chi connectivity index (χ1v) is 13.0. The first kappa shape index (κ1) is 31.1. The van der Waals surface area contributed by atoms with Crippen molar-refractivity contribution in [3.63, 3.8) is 0 Å². The van der Waals surface area contributed by atoms with E-state index in [4.69, 9.17) is 4.74 Å². The van der Waals surface area contributed by atoms with E-state index in [1.165, 1.54) is 23.9 Å². The lowest BCUT2D eigenvalue weighted by atomic mass is 9.95. The Balaban J connectivity index is 0.000000344. The third-order valence-corrected chi connectivity index (χ3v) is 6.36. The van der Waals surface area contributed by atoms with Gasteiger partial charge in [-0.25, -0.2) is 14.6 Å². The smallest absolute Gasteiger partial charge is 0.356 e. The largest absolute Gasteiger partial charge is 0.497 e. The first-order valence-electron chi connectivity index (χ1n) is 13.0. The normalized spacial score (nSPS) is 14.3. The van der Waals surface area contributed by atoms with Crippen molar-refractivity contribution >= 4 is 30.2 Å². The maximum Gasteiger partial charge on any atom is 0.356 e. The van der Waals surface area contributed by atoms with Crippen LogP contribution in [0.2, 0.25) is 0 Å². The number of allylic oxidation sites excluding steroid dienone is 1. The number of nitrogens with zero attached hydrogens (tertiary/aromatic N) is 2. The lowest BCUT2D eigenvalue weighted by molar-refractivity contribution is -0.108. The Morgan fingerprint density at radius 1 is 1.21 bits per heavy atom. The van der Waals surface area contributed by atoms with E-state index in [0.29, 0.717) is 24.3 Å². The van der Waals surface area contributed by atoms with Crippen LogP contribution in [-0.2, 0) is 16.1 Å². The number of carbonyl (C=O) groups is 3. The van der Waals surface area contributed by atoms with E-state index in [1.54, 1.807) is 19.3 Å². The summed E-state index contributed by atoms with van der Waals surface area (Å²) in [6.45, 7) is 13.2. The number of carbonyl (C=O) groups excluding carboxylic acids is 3. The minimum Gasteiger partial charge on any atom is -0.497 e. The maximum atomic E-state index is 11.9. The number of hydrogen-bond acceptors (Lipinski definition) is 7. The molecule has 0 aliphatic carbocycles. The van der Waals surface area contributed by atoms with Crippen LogP contribution in [0.15, 0.2) is 43.0 Å². The Morgan fingerprint density at radius 2 is 1.95 bits per heavy atom. The van der Waals surface area contributed by atoms with Crippen LogP contribution in [0.3, 0.4) is 0 Å². The highest BCUT2D eigenvalue weighted by Crippen LogP contribution is 2.36. The number of urea groups is 1. The van der Waals surface area contributed by atoms with E-state index >= 15 is 0 Å². The van der Waals surface area contributed by atoms with Crippen LogP contribution in [0.1, 0.15) is 72.9 Å². The number of benzene rings is 1. The van der Waals surface area contributed by atoms with E-state index in [-0.39, 0.29) is 0 Å². The van der Waals surface area contributed by atoms with Gasteiger partial charge in [0.1, 0.15) is 11.4 Å². The zero-order valence-electron chi connectivity index (χ0n) is 23.8. The second-order valence-electron chi connectivity index (χ2n) is 9.50. The van der Waals surface area contributed by atoms with Crippen LogP contribution >= 0.6 is 0 Å². The molecule has 1 aliphatic heterocycles. The monoisotopic (exact) mass is 536 g/mol. The lowest BCUT2D eigenvalue weighted by Gasteiger charge is -2.36. The zero-order chi connectivity index (χ0) is 29.0. The Bertz CT molecular complexity index is 1210. The molecule has 39 heavy (non-hydrogen) atoms. The number of nitrogens with one attached hydrogen (secondary N) is 2. The van der Waals surface area contributed by atoms with E-state index in [1.807, 2.05) is 26.0 Å². The molecule has 1 aliphatic rings. The van der Waals surface area contributed by atoms with Crippen molar-refractivity contribution in [3.05, 3.63) is 71.1 Å². The van der Waals surface area contributed by atoms with Gasteiger partial charge < -0.3 is 19.7 Å². The molecule has 9 nitrogen and oxygen atoms in total. The average Bonchev–Trinajstić information content (AvgIpc) is 3.24. The van der Waals surface area contributed by atoms with Crippen LogP contribution in [0.4, 0.5) is 4.79 Å². The van der Waals surface area contributed by atoms with Crippen LogP contribution in [0, 0.1) is 6.92 Å². The molecular formula is C30H40N4O5. The van der Waals surface area contributed by atoms with Crippen molar-refractivity contribution < 1.29 is 23.9 Å². The van der Waals surface area contributed by atoms with E-state index in [9.17, 15) is 14.4 Å². The van der Waals surface area contributed by atoms with Crippen molar-refractivity contribution in [3.8, 4) is 5.75 Å². The number of imide groups is 1. The summed E-state index contributed by atoms with van der Waals surface area (Å²) in [5.74, 6) is 0.413. The quantitative estimate of drug-likeness (QED) is 0.321. The topological polar surface area (TPSA) is 110 Å². The van der Waals surface area contributed by atoms with Gasteiger partial charge in [0.05, 0.1) is 25.5 Å². The van der Waals surface area contributed by atoms with Crippen molar-refractivity contribution in [2.24, 2.45) is 0 Å². The predicted octanol–water partition coefficient (Wildman–Crippen LogP) is 5.10. The molecule has 3 amide bonds. The highest BCUT2D eigenvalue weighted by molar-refractivity contribution is 5.87. The Labute approximate surface area is 231 Å². The van der Waals surface area contributed by atoms with Gasteiger partial charge in [-0.15, -0.1) is 0 Å². The number of esters is 1. The van der Waals surface area contributed by atoms with Gasteiger partial charge in [0.15, 0.2) is 0 Å². The molecule has 2 heterocycles. The number of aromatic nitrogens is 1. The van der Waals surface area contributed by atoms with Crippen molar-refractivity contribution in [2.75, 3.05) is 20.8 Å². The van der Waals surface area contributed by atoms with Crippen LogP contribution < -0.4 is 15.4 Å². The molecule has 9 heteroatoms. The summed E-state index contributed by atoms with van der Waals surface area (Å²) in [4.78, 5) is 39.9. The number of amides is 3. The van der Waals surface area contributed by atoms with E-state index < -0.39 is 17.5 Å². The lowest BCUT2D eigenvalue weighted by Crippen LogP contribution is -2.55. The SMILES string of the molecule is C=Cc1nc(C(=O)OC)ccc1C.CC/C=C1/c2cc(OC)ccc2CN1C[C@@](C)(CCC)NC(=O)NC=O. The summed E-state index contributed by atoms with van der Waals surface area (Å²) in [5, 5.41) is 5.13. The number of aryl methyl sites for hydroxylation is 1. The molecule has 0 radical (unpaired) electrons. The van der Waals surface area contributed by atoms with Gasteiger partial charge >= 0.3 is 12.0 Å². The number of methoxy groups -OCH3 is 2. The first-order chi connectivity index (χ1) is 18.6. The van der Waals surface area contributed by atoms with Gasteiger partial charge in [-0.1, -0.05) is 45.1 Å². The average molecular weight is 537 g/mol. The molecule has 3 rings (SSSR count). The molecule has 210 valence electrons. The molecule has 0 spiro atoms. The van der Waals surface area contributed by atoms with E-state index in [0.717, 1.165) is 37.1 Å². The molecule has 2 aromatic rings. The zero-order valence-corrected chi connectivity index (χ0v) is 23.8. The van der Waals surface area contributed by atoms with Crippen LogP contribution in [0.25, 0.3) is 11.8 Å². The fourth-order valence-corrected chi connectivity index (χ4v) is 4.58. The molecule has 0 unspecified atom stereocenters. The standard InChI is InChI=1S/C20H29N3O3.C10H11NO2/c1-5-7-18-17-11-16(26-4)9-8-15(17)12-23(18)13-20(3,10-6-2)22-19(25)21-14-24;1-4-8-7(2)5-6-9(11-8)10(12)13-3/h7-9,11,14H,5-6,10,12-13H2,1-4H3,(H2,21,22,24,25);4-6H,1H2,2-3H3/b18-7-;/t20-;/m1./s1. The van der Waals surface area contributed by atoms with Crippen molar-refractivity contribution in [1.82, 2.24) is 20.5 Å². The molecule has 0 saturated heterocycles. The predicted molar refractivity (Wildman–Crippen MR) is 153 cm³/mol. The Hall–Kier alpha value is -4.14. The van der Waals surface area contributed by atoms with Gasteiger partial charge in [-0.05, 0) is 62.1 Å². The van der Waals surface area contributed by atoms with Crippen molar-refractivity contribution in [2.45, 2.75) is 59.0 Å². The van der Waals surface area contributed by atoms with Gasteiger partial charge in [0.25, 0.3) is 0 Å². The van der Waals surface area contributed by atoms with Crippen LogP contribution in [0.5, 0.6) is 5.75 Å². The number of fused-ring (bicyclic) bond motifs is 1. The summed E-state index contributed by atoms with van der Waals surface area (Å²) in [7, 11) is 3.00. The van der Waals surface area contributed by atoms with Crippen LogP contribution in [-0.4, -0.2) is 54.6 Å². The van der Waals surface area contributed by atoms with Crippen molar-refractivity contribution in [1.29, 1.82) is 0 Å². The highest BCUT2D eigenvalue weighted by atomic mass is 16.5. The second-order valence-corrected chi connectivity index (χ2v) is 9.50. The van der Waals surface area contributed by atoms with E-state index in [2.05, 4.69) is 63.9 Å². The Morgan fingerprint density at radius 3 is 2.54 bits per heavy atom. The molecule has 1 aromatic carbocycles. The van der Waals surface area contributed by atoms with Gasteiger partial charge in [0.2, 0.25) is 6.41 Å². The number of rotatable bonds is 10. The fourth-order valence-electron chi connectivity index (χ4n) is 4.58. The fraction of sp³-hybridized carbons (Fsp3) is 0.400. The number of pyridine rings is 1. The summed E-state index contributed by atoms with van der Waals surface area (Å²) < 4.78 is 9.92. The molecule has 1 aromatic heterocycles. The molecule has 0 saturated carbocycles. The summed E-state index contributed by atoms with van der Waals surface area (Å²) in [6.07, 6.45) is 6.90. The molecule has 2 N–H and O–H groups in total. The minimum atomic E-state index is -0.463. The molecule has 0 bridgehead atoms. The second kappa shape index (κ2) is 14.7. The minimum absolute atomic E-state index is 0.308. The Kier molecular flexibility index (Phi) is 11.7. The third-order valence-electron chi connectivity index (χ3n) is 6.36. The maximum absolute atomic E-state index is 11.9. The summed E-state index contributed by atoms with van der Waals surface area (Å²) >= 11 is 0. The third kappa shape index (κ3) is 8.43.